The zero-order valence-corrected chi connectivity index (χ0v) is 19.4. The number of nitrogens with one attached hydrogen (secondary N) is 2. The summed E-state index contributed by atoms with van der Waals surface area (Å²) in [5.74, 6) is -0.00907. The highest BCUT2D eigenvalue weighted by Gasteiger charge is 2.27. The van der Waals surface area contributed by atoms with Crippen LogP contribution in [-0.2, 0) is 16.8 Å². The van der Waals surface area contributed by atoms with Gasteiger partial charge in [0, 0.05) is 17.0 Å². The number of aromatic nitrogens is 2. The Morgan fingerprint density at radius 1 is 0.969 bits per heavy atom. The van der Waals surface area contributed by atoms with Crippen molar-refractivity contribution in [1.82, 2.24) is 15.1 Å². The Labute approximate surface area is 190 Å². The average molecular weight is 433 g/mol. The summed E-state index contributed by atoms with van der Waals surface area (Å²) in [6.45, 7) is 10.6. The quantitative estimate of drug-likeness (QED) is 0.572. The van der Waals surface area contributed by atoms with Crippen LogP contribution in [0.2, 0.25) is 0 Å². The van der Waals surface area contributed by atoms with Gasteiger partial charge in [0.2, 0.25) is 5.91 Å². The minimum atomic E-state index is -0.680. The predicted molar refractivity (Wildman–Crippen MR) is 128 cm³/mol. The number of benzene rings is 2. The molecule has 2 N–H and O–H groups in total. The molecule has 0 spiro atoms. The van der Waals surface area contributed by atoms with Crippen molar-refractivity contribution in [2.24, 2.45) is 5.92 Å². The van der Waals surface area contributed by atoms with Gasteiger partial charge in [0.15, 0.2) is 0 Å². The number of rotatable bonds is 7. The van der Waals surface area contributed by atoms with Crippen molar-refractivity contribution in [1.29, 1.82) is 0 Å². The third-order valence-corrected chi connectivity index (χ3v) is 5.25. The van der Waals surface area contributed by atoms with Gasteiger partial charge in [-0.25, -0.2) is 4.68 Å². The van der Waals surface area contributed by atoms with Crippen LogP contribution in [0.3, 0.4) is 0 Å². The molecule has 0 fully saturated rings. The fourth-order valence-corrected chi connectivity index (χ4v) is 3.31. The molecule has 32 heavy (non-hydrogen) atoms. The fourth-order valence-electron chi connectivity index (χ4n) is 3.31. The minimum absolute atomic E-state index is 0.0877. The Morgan fingerprint density at radius 3 is 2.12 bits per heavy atom. The van der Waals surface area contributed by atoms with E-state index < -0.39 is 6.04 Å². The van der Waals surface area contributed by atoms with Gasteiger partial charge in [-0.1, -0.05) is 83.1 Å². The fraction of sp³-hybridized carbons (Fsp3) is 0.346. The summed E-state index contributed by atoms with van der Waals surface area (Å²) in [6.07, 6.45) is 0. The van der Waals surface area contributed by atoms with Crippen molar-refractivity contribution in [2.45, 2.75) is 52.6 Å². The Bertz CT molecular complexity index is 1050. The highest BCUT2D eigenvalue weighted by Crippen LogP contribution is 2.25. The monoisotopic (exact) mass is 432 g/mol. The summed E-state index contributed by atoms with van der Waals surface area (Å²) < 4.78 is 1.81. The molecule has 1 unspecified atom stereocenters. The van der Waals surface area contributed by atoms with Crippen LogP contribution in [0.15, 0.2) is 66.7 Å². The van der Waals surface area contributed by atoms with Gasteiger partial charge in [-0.3, -0.25) is 9.59 Å². The molecule has 1 heterocycles. The molecule has 0 bridgehead atoms. The van der Waals surface area contributed by atoms with Crippen molar-refractivity contribution in [3.63, 3.8) is 0 Å². The lowest BCUT2D eigenvalue weighted by molar-refractivity contribution is -0.118. The SMILES string of the molecule is CC(C)C(NC(=O)c1ccccc1)C(=O)Nc1cc(C(C)(C)C)nn1Cc1ccccc1. The summed E-state index contributed by atoms with van der Waals surface area (Å²) in [6, 6.07) is 20.1. The second kappa shape index (κ2) is 9.81. The van der Waals surface area contributed by atoms with E-state index in [1.54, 1.807) is 24.3 Å². The van der Waals surface area contributed by atoms with Gasteiger partial charge < -0.3 is 10.6 Å². The van der Waals surface area contributed by atoms with E-state index in [2.05, 4.69) is 31.4 Å². The van der Waals surface area contributed by atoms with E-state index in [4.69, 9.17) is 5.10 Å². The molecule has 0 radical (unpaired) electrons. The number of hydrogen-bond acceptors (Lipinski definition) is 3. The van der Waals surface area contributed by atoms with Crippen LogP contribution in [0.5, 0.6) is 0 Å². The molecule has 0 aliphatic carbocycles. The van der Waals surface area contributed by atoms with E-state index in [-0.39, 0.29) is 23.1 Å². The van der Waals surface area contributed by atoms with Crippen LogP contribution in [0, 0.1) is 5.92 Å². The third-order valence-electron chi connectivity index (χ3n) is 5.25. The van der Waals surface area contributed by atoms with Gasteiger partial charge in [-0.05, 0) is 23.6 Å². The Morgan fingerprint density at radius 2 is 1.56 bits per heavy atom. The zero-order valence-electron chi connectivity index (χ0n) is 19.4. The number of carbonyl (C=O) groups excluding carboxylic acids is 2. The molecule has 0 aliphatic heterocycles. The first kappa shape index (κ1) is 23.3. The highest BCUT2D eigenvalue weighted by atomic mass is 16.2. The maximum Gasteiger partial charge on any atom is 0.251 e. The molecule has 6 heteroatoms. The maximum atomic E-state index is 13.2. The molecule has 3 aromatic rings. The summed E-state index contributed by atoms with van der Waals surface area (Å²) in [5.41, 5.74) is 2.33. The van der Waals surface area contributed by atoms with Crippen LogP contribution in [0.25, 0.3) is 0 Å². The van der Waals surface area contributed by atoms with Crippen molar-refractivity contribution >= 4 is 17.6 Å². The molecule has 2 aromatic carbocycles. The molecule has 0 aliphatic rings. The second-order valence-corrected chi connectivity index (χ2v) is 9.36. The molecule has 168 valence electrons. The topological polar surface area (TPSA) is 76.0 Å². The molecular formula is C26H32N4O2. The molecular weight excluding hydrogens is 400 g/mol. The molecule has 0 saturated carbocycles. The van der Waals surface area contributed by atoms with Gasteiger partial charge in [0.25, 0.3) is 5.91 Å². The van der Waals surface area contributed by atoms with Crippen LogP contribution in [0.4, 0.5) is 5.82 Å². The maximum absolute atomic E-state index is 13.2. The van der Waals surface area contributed by atoms with Crippen molar-refractivity contribution in [3.8, 4) is 0 Å². The zero-order chi connectivity index (χ0) is 23.3. The predicted octanol–water partition coefficient (Wildman–Crippen LogP) is 4.62. The summed E-state index contributed by atoms with van der Waals surface area (Å²) in [5, 5.41) is 10.6. The molecule has 0 saturated heterocycles. The molecule has 3 rings (SSSR count). The smallest absolute Gasteiger partial charge is 0.251 e. The first-order valence-electron chi connectivity index (χ1n) is 10.9. The number of hydrogen-bond donors (Lipinski definition) is 2. The molecule has 6 nitrogen and oxygen atoms in total. The van der Waals surface area contributed by atoms with Crippen molar-refractivity contribution in [2.75, 3.05) is 5.32 Å². The van der Waals surface area contributed by atoms with E-state index in [9.17, 15) is 9.59 Å². The average Bonchev–Trinajstić information content (AvgIpc) is 3.15. The standard InChI is InChI=1S/C26H32N4O2/c1-18(2)23(28-24(31)20-14-10-7-11-15-20)25(32)27-22-16-21(26(3,4)5)29-30(22)17-19-12-8-6-9-13-19/h6-16,18,23H,17H2,1-5H3,(H,27,32)(H,28,31). The Balaban J connectivity index is 1.83. The lowest BCUT2D eigenvalue weighted by Gasteiger charge is -2.22. The molecule has 1 aromatic heterocycles. The number of amides is 2. The van der Waals surface area contributed by atoms with E-state index in [1.807, 2.05) is 61.0 Å². The van der Waals surface area contributed by atoms with E-state index in [1.165, 1.54) is 0 Å². The van der Waals surface area contributed by atoms with E-state index in [0.29, 0.717) is 17.9 Å². The number of carbonyl (C=O) groups is 2. The summed E-state index contributed by atoms with van der Waals surface area (Å²) >= 11 is 0. The summed E-state index contributed by atoms with van der Waals surface area (Å²) in [7, 11) is 0. The Kier molecular flexibility index (Phi) is 7.13. The minimum Gasteiger partial charge on any atom is -0.340 e. The molecule has 1 atom stereocenters. The highest BCUT2D eigenvalue weighted by molar-refractivity contribution is 6.01. The Hall–Kier alpha value is -3.41. The van der Waals surface area contributed by atoms with Gasteiger partial charge >= 0.3 is 0 Å². The van der Waals surface area contributed by atoms with Gasteiger partial charge in [0.05, 0.1) is 12.2 Å². The summed E-state index contributed by atoms with van der Waals surface area (Å²) in [4.78, 5) is 25.9. The molecule has 2 amide bonds. The normalized spacial score (nSPS) is 12.4. The van der Waals surface area contributed by atoms with Crippen LogP contribution < -0.4 is 10.6 Å². The second-order valence-electron chi connectivity index (χ2n) is 9.36. The first-order chi connectivity index (χ1) is 15.1. The lowest BCUT2D eigenvalue weighted by Crippen LogP contribution is -2.47. The first-order valence-corrected chi connectivity index (χ1v) is 10.9. The van der Waals surface area contributed by atoms with Gasteiger partial charge in [0.1, 0.15) is 11.9 Å². The van der Waals surface area contributed by atoms with Gasteiger partial charge in [-0.15, -0.1) is 0 Å². The van der Waals surface area contributed by atoms with Crippen LogP contribution in [-0.4, -0.2) is 27.6 Å². The number of anilines is 1. The van der Waals surface area contributed by atoms with Gasteiger partial charge in [-0.2, -0.15) is 5.10 Å². The van der Waals surface area contributed by atoms with Crippen LogP contribution >= 0.6 is 0 Å². The van der Waals surface area contributed by atoms with Crippen molar-refractivity contribution < 1.29 is 9.59 Å². The van der Waals surface area contributed by atoms with Crippen molar-refractivity contribution in [3.05, 3.63) is 83.6 Å². The van der Waals surface area contributed by atoms with Crippen LogP contribution in [0.1, 0.15) is 56.2 Å². The van der Waals surface area contributed by atoms with E-state index >= 15 is 0 Å². The number of nitrogens with zero attached hydrogens (tertiary/aromatic N) is 2. The third kappa shape index (κ3) is 5.84. The lowest BCUT2D eigenvalue weighted by atomic mass is 9.92. The largest absolute Gasteiger partial charge is 0.340 e. The van der Waals surface area contributed by atoms with E-state index in [0.717, 1.165) is 11.3 Å².